The first-order valence-electron chi connectivity index (χ1n) is 7.53. The zero-order valence-corrected chi connectivity index (χ0v) is 13.1. The molecule has 2 aromatic rings. The molecule has 0 saturated heterocycles. The Bertz CT molecular complexity index is 661. The summed E-state index contributed by atoms with van der Waals surface area (Å²) < 4.78 is 8.77. The summed E-state index contributed by atoms with van der Waals surface area (Å²) in [6.07, 6.45) is 5.23. The van der Waals surface area contributed by atoms with Crippen molar-refractivity contribution in [1.82, 2.24) is 9.55 Å². The van der Waals surface area contributed by atoms with Gasteiger partial charge in [0.25, 0.3) is 0 Å². The first-order chi connectivity index (χ1) is 9.69. The fraction of sp³-hybridized carbons (Fsp3) is 0.562. The predicted molar refractivity (Wildman–Crippen MR) is 84.9 cm³/mol. The van der Waals surface area contributed by atoms with Crippen LogP contribution in [0, 0.1) is 10.2 Å². The van der Waals surface area contributed by atoms with E-state index in [1.807, 2.05) is 19.1 Å². The fourth-order valence-corrected chi connectivity index (χ4v) is 3.49. The van der Waals surface area contributed by atoms with Gasteiger partial charge in [0.15, 0.2) is 4.77 Å². The number of H-pyrrole nitrogens is 1. The Kier molecular flexibility index (Phi) is 3.59. The van der Waals surface area contributed by atoms with Crippen molar-refractivity contribution >= 4 is 23.3 Å². The van der Waals surface area contributed by atoms with Crippen LogP contribution in [0.1, 0.15) is 39.5 Å². The number of imidazole rings is 1. The van der Waals surface area contributed by atoms with Crippen molar-refractivity contribution in [3.8, 4) is 5.75 Å². The summed E-state index contributed by atoms with van der Waals surface area (Å²) in [5, 5.41) is 0. The number of nitrogens with zero attached hydrogens (tertiary/aromatic N) is 1. The third kappa shape index (κ3) is 2.16. The normalized spacial score (nSPS) is 17.1. The number of ether oxygens (including phenoxy) is 1. The summed E-state index contributed by atoms with van der Waals surface area (Å²) in [4.78, 5) is 3.33. The molecule has 1 aromatic heterocycles. The van der Waals surface area contributed by atoms with E-state index in [1.165, 1.54) is 31.2 Å². The second-order valence-corrected chi connectivity index (χ2v) is 6.19. The lowest BCUT2D eigenvalue weighted by Gasteiger charge is -2.41. The molecule has 1 saturated carbocycles. The molecule has 3 nitrogen and oxygen atoms in total. The summed E-state index contributed by atoms with van der Waals surface area (Å²) in [6, 6.07) is 6.18. The van der Waals surface area contributed by atoms with E-state index < -0.39 is 0 Å². The number of rotatable bonds is 5. The quantitative estimate of drug-likeness (QED) is 0.810. The Labute approximate surface area is 125 Å². The molecule has 1 fully saturated rings. The van der Waals surface area contributed by atoms with Gasteiger partial charge >= 0.3 is 0 Å². The molecule has 1 N–H and O–H groups in total. The number of fused-ring (bicyclic) bond motifs is 1. The van der Waals surface area contributed by atoms with Crippen molar-refractivity contribution in [3.63, 3.8) is 0 Å². The first-order valence-corrected chi connectivity index (χ1v) is 7.94. The number of benzene rings is 1. The molecule has 0 radical (unpaired) electrons. The predicted octanol–water partition coefficient (Wildman–Crippen LogP) is 4.68. The molecule has 1 aliphatic rings. The zero-order chi connectivity index (χ0) is 14.2. The summed E-state index contributed by atoms with van der Waals surface area (Å²) in [6.45, 7) is 6.00. The van der Waals surface area contributed by atoms with Gasteiger partial charge in [0.1, 0.15) is 11.3 Å². The van der Waals surface area contributed by atoms with E-state index in [0.29, 0.717) is 12.0 Å². The number of aromatic amines is 1. The van der Waals surface area contributed by atoms with Crippen molar-refractivity contribution in [1.29, 1.82) is 0 Å². The monoisotopic (exact) mass is 290 g/mol. The number of aromatic nitrogens is 2. The van der Waals surface area contributed by atoms with Gasteiger partial charge in [-0.15, -0.1) is 0 Å². The molecule has 1 aliphatic carbocycles. The van der Waals surface area contributed by atoms with Crippen molar-refractivity contribution in [2.45, 2.75) is 46.1 Å². The molecule has 1 aromatic carbocycles. The van der Waals surface area contributed by atoms with Gasteiger partial charge < -0.3 is 14.3 Å². The molecular formula is C16H22N2OS. The highest BCUT2D eigenvalue weighted by molar-refractivity contribution is 7.71. The van der Waals surface area contributed by atoms with E-state index >= 15 is 0 Å². The SMILES string of the molecule is CCOc1cccc2c1[nH]c(=S)n2CC1(CC)CCC1. The van der Waals surface area contributed by atoms with Gasteiger partial charge in [0, 0.05) is 6.54 Å². The molecule has 0 bridgehead atoms. The van der Waals surface area contributed by atoms with Crippen LogP contribution >= 0.6 is 12.2 Å². The fourth-order valence-electron chi connectivity index (χ4n) is 3.22. The summed E-state index contributed by atoms with van der Waals surface area (Å²) in [7, 11) is 0. The Morgan fingerprint density at radius 2 is 2.15 bits per heavy atom. The lowest BCUT2D eigenvalue weighted by Crippen LogP contribution is -2.33. The van der Waals surface area contributed by atoms with Crippen LogP contribution in [0.5, 0.6) is 5.75 Å². The van der Waals surface area contributed by atoms with Crippen molar-refractivity contribution in [2.24, 2.45) is 5.41 Å². The topological polar surface area (TPSA) is 29.9 Å². The molecule has 108 valence electrons. The molecule has 0 spiro atoms. The van der Waals surface area contributed by atoms with E-state index in [2.05, 4.69) is 22.5 Å². The molecule has 3 rings (SSSR count). The molecule has 1 heterocycles. The van der Waals surface area contributed by atoms with Gasteiger partial charge in [0.2, 0.25) is 0 Å². The standard InChI is InChI=1S/C16H22N2OS/c1-3-16(9-6-10-16)11-18-12-7-5-8-13(19-4-2)14(12)17-15(18)20/h5,7-8H,3-4,6,9-11H2,1-2H3,(H,17,20). The maximum Gasteiger partial charge on any atom is 0.178 e. The summed E-state index contributed by atoms with van der Waals surface area (Å²) >= 11 is 5.54. The highest BCUT2D eigenvalue weighted by atomic mass is 32.1. The minimum absolute atomic E-state index is 0.453. The van der Waals surface area contributed by atoms with Gasteiger partial charge in [-0.3, -0.25) is 0 Å². The van der Waals surface area contributed by atoms with Gasteiger partial charge in [0.05, 0.1) is 12.1 Å². The Hall–Kier alpha value is -1.29. The van der Waals surface area contributed by atoms with Gasteiger partial charge in [-0.1, -0.05) is 19.4 Å². The molecule has 0 unspecified atom stereocenters. The molecule has 20 heavy (non-hydrogen) atoms. The van der Waals surface area contributed by atoms with Crippen molar-refractivity contribution < 1.29 is 4.74 Å². The molecule has 0 amide bonds. The number of nitrogens with one attached hydrogen (secondary N) is 1. The van der Waals surface area contributed by atoms with Crippen LogP contribution in [0.3, 0.4) is 0 Å². The van der Waals surface area contributed by atoms with Crippen LogP contribution in [0.4, 0.5) is 0 Å². The van der Waals surface area contributed by atoms with E-state index in [1.54, 1.807) is 0 Å². The third-order valence-corrected chi connectivity index (χ3v) is 5.05. The number of hydrogen-bond acceptors (Lipinski definition) is 2. The molecular weight excluding hydrogens is 268 g/mol. The van der Waals surface area contributed by atoms with Gasteiger partial charge in [-0.25, -0.2) is 0 Å². The Morgan fingerprint density at radius 1 is 1.35 bits per heavy atom. The summed E-state index contributed by atoms with van der Waals surface area (Å²) in [5.41, 5.74) is 2.65. The molecule has 4 heteroatoms. The minimum atomic E-state index is 0.453. The van der Waals surface area contributed by atoms with E-state index in [4.69, 9.17) is 17.0 Å². The Morgan fingerprint density at radius 3 is 2.75 bits per heavy atom. The van der Waals surface area contributed by atoms with Crippen LogP contribution in [-0.2, 0) is 6.54 Å². The van der Waals surface area contributed by atoms with Crippen LogP contribution in [0.25, 0.3) is 11.0 Å². The smallest absolute Gasteiger partial charge is 0.178 e. The van der Waals surface area contributed by atoms with E-state index in [-0.39, 0.29) is 0 Å². The first kappa shape index (κ1) is 13.7. The zero-order valence-electron chi connectivity index (χ0n) is 12.2. The summed E-state index contributed by atoms with van der Waals surface area (Å²) in [5.74, 6) is 0.897. The van der Waals surface area contributed by atoms with E-state index in [9.17, 15) is 0 Å². The van der Waals surface area contributed by atoms with Gasteiger partial charge in [-0.05, 0) is 56.0 Å². The van der Waals surface area contributed by atoms with Crippen molar-refractivity contribution in [3.05, 3.63) is 23.0 Å². The van der Waals surface area contributed by atoms with E-state index in [0.717, 1.165) is 22.6 Å². The average Bonchev–Trinajstić information content (AvgIpc) is 2.72. The van der Waals surface area contributed by atoms with Gasteiger partial charge in [-0.2, -0.15) is 0 Å². The molecule has 0 atom stereocenters. The molecule has 0 aliphatic heterocycles. The number of para-hydroxylation sites is 1. The van der Waals surface area contributed by atoms with Crippen LogP contribution in [0.15, 0.2) is 18.2 Å². The lowest BCUT2D eigenvalue weighted by atomic mass is 9.67. The maximum atomic E-state index is 5.69. The number of hydrogen-bond donors (Lipinski definition) is 1. The second kappa shape index (κ2) is 5.24. The lowest BCUT2D eigenvalue weighted by molar-refractivity contribution is 0.101. The van der Waals surface area contributed by atoms with Crippen LogP contribution in [-0.4, -0.2) is 16.2 Å². The highest BCUT2D eigenvalue weighted by Gasteiger charge is 2.35. The largest absolute Gasteiger partial charge is 0.492 e. The maximum absolute atomic E-state index is 5.69. The van der Waals surface area contributed by atoms with Crippen LogP contribution < -0.4 is 4.74 Å². The van der Waals surface area contributed by atoms with Crippen molar-refractivity contribution in [2.75, 3.05) is 6.61 Å². The highest BCUT2D eigenvalue weighted by Crippen LogP contribution is 2.45. The van der Waals surface area contributed by atoms with Crippen LogP contribution in [0.2, 0.25) is 0 Å². The Balaban J connectivity index is 2.05. The second-order valence-electron chi connectivity index (χ2n) is 5.81. The average molecular weight is 290 g/mol. The minimum Gasteiger partial charge on any atom is -0.492 e. The third-order valence-electron chi connectivity index (χ3n) is 4.73.